The average Bonchev–Trinajstić information content (AvgIpc) is 3.36. The first-order valence-corrected chi connectivity index (χ1v) is 10.3. The monoisotopic (exact) mass is 481 g/mol. The minimum Gasteiger partial charge on any atom is -0.448 e. The number of hydrogen-bond donors (Lipinski definition) is 2. The zero-order chi connectivity index (χ0) is 24.6. The lowest BCUT2D eigenvalue weighted by molar-refractivity contribution is -0.137. The molecule has 12 heteroatoms. The number of hydrogen-bond acceptors (Lipinski definition) is 4. The molecule has 0 spiro atoms. The topological polar surface area (TPSA) is 75.2 Å². The van der Waals surface area contributed by atoms with Crippen LogP contribution in [0.4, 0.5) is 38.4 Å². The average molecular weight is 481 g/mol. The lowest BCUT2D eigenvalue weighted by Crippen LogP contribution is -2.37. The van der Waals surface area contributed by atoms with E-state index in [4.69, 9.17) is 4.74 Å². The van der Waals surface area contributed by atoms with E-state index in [1.165, 1.54) is 30.1 Å². The van der Waals surface area contributed by atoms with Crippen LogP contribution in [0.2, 0.25) is 0 Å². The summed E-state index contributed by atoms with van der Waals surface area (Å²) in [6, 6.07) is 5.17. The Morgan fingerprint density at radius 3 is 2.71 bits per heavy atom. The number of benzene rings is 2. The first-order chi connectivity index (χ1) is 16.1. The number of fused-ring (bicyclic) bond motifs is 2. The van der Waals surface area contributed by atoms with Gasteiger partial charge in [0.2, 0.25) is 5.95 Å². The smallest absolute Gasteiger partial charge is 0.428 e. The minimum absolute atomic E-state index is 0.0722. The summed E-state index contributed by atoms with van der Waals surface area (Å²) < 4.78 is 74.4. The van der Waals surface area contributed by atoms with E-state index in [9.17, 15) is 26.7 Å². The van der Waals surface area contributed by atoms with E-state index in [0.29, 0.717) is 6.42 Å². The van der Waals surface area contributed by atoms with Gasteiger partial charge in [-0.2, -0.15) is 13.2 Å². The molecule has 0 aliphatic heterocycles. The number of rotatable bonds is 6. The number of carbonyl (C=O) groups excluding carboxylic acids is 1. The fourth-order valence-electron chi connectivity index (χ4n) is 3.48. The van der Waals surface area contributed by atoms with Crippen LogP contribution in [0.1, 0.15) is 25.3 Å². The maximum Gasteiger partial charge on any atom is 0.428 e. The van der Waals surface area contributed by atoms with E-state index in [0.717, 1.165) is 29.6 Å². The van der Waals surface area contributed by atoms with Crippen LogP contribution in [0, 0.1) is 11.6 Å². The lowest BCUT2D eigenvalue weighted by Gasteiger charge is -2.21. The van der Waals surface area contributed by atoms with Crippen molar-refractivity contribution in [2.75, 3.05) is 24.0 Å². The highest BCUT2D eigenvalue weighted by Crippen LogP contribution is 2.34. The second kappa shape index (κ2) is 8.84. The fourth-order valence-corrected chi connectivity index (χ4v) is 3.48. The van der Waals surface area contributed by atoms with Crippen LogP contribution in [0.5, 0.6) is 0 Å². The quantitative estimate of drug-likeness (QED) is 0.259. The van der Waals surface area contributed by atoms with Crippen molar-refractivity contribution in [1.29, 1.82) is 0 Å². The number of imidazole rings is 1. The van der Waals surface area contributed by atoms with Gasteiger partial charge in [-0.25, -0.2) is 28.2 Å². The number of halogens is 5. The van der Waals surface area contributed by atoms with Crippen LogP contribution in [0.3, 0.4) is 0 Å². The molecule has 180 valence electrons. The molecule has 0 radical (unpaired) electrons. The van der Waals surface area contributed by atoms with E-state index >= 15 is 0 Å². The second-order valence-corrected chi connectivity index (χ2v) is 7.55. The fraction of sp³-hybridized carbons (Fsp3) is 0.273. The van der Waals surface area contributed by atoms with Gasteiger partial charge in [-0.15, -0.1) is 0 Å². The van der Waals surface area contributed by atoms with Crippen molar-refractivity contribution < 1.29 is 31.5 Å². The lowest BCUT2D eigenvalue weighted by atomic mass is 10.2. The van der Waals surface area contributed by atoms with E-state index in [2.05, 4.69) is 15.3 Å². The summed E-state index contributed by atoms with van der Waals surface area (Å²) in [6.07, 6.45) is -2.59. The second-order valence-electron chi connectivity index (χ2n) is 7.55. The molecule has 0 aliphatic carbocycles. The number of unbranched alkanes of at least 4 members (excludes halogenated alkanes) is 1. The largest absolute Gasteiger partial charge is 0.448 e. The van der Waals surface area contributed by atoms with Gasteiger partial charge in [0.05, 0.1) is 39.8 Å². The number of alkyl halides is 3. The third-order valence-corrected chi connectivity index (χ3v) is 5.23. The van der Waals surface area contributed by atoms with Crippen LogP contribution < -0.4 is 10.3 Å². The first kappa shape index (κ1) is 23.3. The molecule has 0 bridgehead atoms. The molecule has 2 N–H and O–H groups in total. The van der Waals surface area contributed by atoms with Gasteiger partial charge < -0.3 is 15.0 Å². The van der Waals surface area contributed by atoms with Gasteiger partial charge in [-0.1, -0.05) is 13.3 Å². The summed E-state index contributed by atoms with van der Waals surface area (Å²) in [7, 11) is 1.35. The normalized spacial score (nSPS) is 11.9. The molecule has 4 rings (SSSR count). The van der Waals surface area contributed by atoms with Crippen molar-refractivity contribution in [3.63, 3.8) is 0 Å². The molecule has 7 nitrogen and oxygen atoms in total. The summed E-state index contributed by atoms with van der Waals surface area (Å²) in [5.41, 5.74) is -0.471. The van der Waals surface area contributed by atoms with Crippen molar-refractivity contribution in [3.8, 4) is 0 Å². The molecule has 2 heterocycles. The van der Waals surface area contributed by atoms with Crippen molar-refractivity contribution in [2.45, 2.75) is 25.9 Å². The highest BCUT2D eigenvalue weighted by molar-refractivity contribution is 5.95. The van der Waals surface area contributed by atoms with Crippen LogP contribution in [0.15, 0.2) is 36.5 Å². The molecule has 0 fully saturated rings. The molecule has 1 amide bonds. The number of carbonyl (C=O) groups is 1. The van der Waals surface area contributed by atoms with E-state index in [1.54, 1.807) is 0 Å². The molecule has 0 atom stereocenters. The van der Waals surface area contributed by atoms with Crippen molar-refractivity contribution in [1.82, 2.24) is 14.6 Å². The molecule has 0 saturated carbocycles. The number of ether oxygens (including phenoxy) is 1. The molecule has 2 aromatic heterocycles. The van der Waals surface area contributed by atoms with E-state index in [-0.39, 0.29) is 40.2 Å². The zero-order valence-corrected chi connectivity index (χ0v) is 18.1. The van der Waals surface area contributed by atoms with Crippen LogP contribution >= 0.6 is 0 Å². The van der Waals surface area contributed by atoms with Crippen LogP contribution in [0.25, 0.3) is 21.9 Å². The highest BCUT2D eigenvalue weighted by Gasteiger charge is 2.32. The maximum atomic E-state index is 14.5. The van der Waals surface area contributed by atoms with Gasteiger partial charge in [0, 0.05) is 13.2 Å². The Morgan fingerprint density at radius 1 is 1.24 bits per heavy atom. The first-order valence-electron chi connectivity index (χ1n) is 10.3. The number of anilines is 2. The van der Waals surface area contributed by atoms with Gasteiger partial charge in [-0.3, -0.25) is 0 Å². The number of H-pyrrole nitrogens is 1. The van der Waals surface area contributed by atoms with Crippen molar-refractivity contribution >= 4 is 39.7 Å². The van der Waals surface area contributed by atoms with Crippen molar-refractivity contribution in [2.24, 2.45) is 0 Å². The Hall–Kier alpha value is -3.83. The van der Waals surface area contributed by atoms with Crippen molar-refractivity contribution in [3.05, 3.63) is 53.7 Å². The minimum atomic E-state index is -4.60. The number of aromatic nitrogens is 3. The van der Waals surface area contributed by atoms with Gasteiger partial charge in [0.15, 0.2) is 11.6 Å². The number of nitrogens with zero attached hydrogens (tertiary/aromatic N) is 3. The van der Waals surface area contributed by atoms with Crippen LogP contribution in [-0.2, 0) is 10.9 Å². The number of nitrogens with one attached hydrogen (secondary N) is 2. The Labute approximate surface area is 190 Å². The molecule has 34 heavy (non-hydrogen) atoms. The van der Waals surface area contributed by atoms with Gasteiger partial charge in [-0.05, 0) is 36.8 Å². The molecular weight excluding hydrogens is 461 g/mol. The molecule has 4 aromatic rings. The summed E-state index contributed by atoms with van der Waals surface area (Å²) in [4.78, 5) is 19.6. The Morgan fingerprint density at radius 2 is 2.00 bits per heavy atom. The Kier molecular flexibility index (Phi) is 6.07. The third kappa shape index (κ3) is 4.22. The van der Waals surface area contributed by atoms with Gasteiger partial charge in [0.1, 0.15) is 0 Å². The highest BCUT2D eigenvalue weighted by atomic mass is 19.4. The molecule has 0 saturated heterocycles. The third-order valence-electron chi connectivity index (χ3n) is 5.23. The van der Waals surface area contributed by atoms with E-state index < -0.39 is 29.5 Å². The molecule has 2 aromatic carbocycles. The molecular formula is C22H20F5N5O2. The Bertz CT molecular complexity index is 1360. The van der Waals surface area contributed by atoms with Gasteiger partial charge >= 0.3 is 12.3 Å². The summed E-state index contributed by atoms with van der Waals surface area (Å²) >= 11 is 0. The number of aromatic amines is 1. The summed E-state index contributed by atoms with van der Waals surface area (Å²) in [6.45, 7) is 2.07. The van der Waals surface area contributed by atoms with E-state index in [1.807, 2.05) is 6.92 Å². The van der Waals surface area contributed by atoms with Crippen LogP contribution in [-0.4, -0.2) is 34.4 Å². The maximum absolute atomic E-state index is 14.5. The molecule has 0 aliphatic rings. The van der Waals surface area contributed by atoms with Gasteiger partial charge in [0.25, 0.3) is 0 Å². The predicted molar refractivity (Wildman–Crippen MR) is 117 cm³/mol. The standard InChI is InChI=1S/C22H20F5N5O2/c1-3-4-9-34-21(33)31(2)32-17-8-5-12(22(25,26)27)10-15(17)29-20(32)30-16-11-28-14-7-6-13(23)19(24)18(14)16/h5-8,10-11,28H,3-4,9H2,1-2H3,(H,29,30). The molecule has 0 unspecified atom stereocenters. The Balaban J connectivity index is 1.82. The number of amides is 1. The summed E-state index contributed by atoms with van der Waals surface area (Å²) in [5.74, 6) is -2.29. The SMILES string of the molecule is CCCCOC(=O)N(C)n1c(Nc2c[nH]c3ccc(F)c(F)c23)nc2cc(C(F)(F)F)ccc21. The summed E-state index contributed by atoms with van der Waals surface area (Å²) in [5, 5.41) is 3.72. The predicted octanol–water partition coefficient (Wildman–Crippen LogP) is 6.06. The zero-order valence-electron chi connectivity index (χ0n) is 18.1.